The molecule has 0 unspecified atom stereocenters. The monoisotopic (exact) mass is 198 g/mol. The second kappa shape index (κ2) is 3.92. The van der Waals surface area contributed by atoms with Gasteiger partial charge in [-0.3, -0.25) is 9.78 Å². The van der Waals surface area contributed by atoms with Gasteiger partial charge in [0.15, 0.2) is 6.29 Å². The number of anilines is 1. The van der Waals surface area contributed by atoms with E-state index in [9.17, 15) is 4.79 Å². The molecular weight excluding hydrogens is 188 g/mol. The molecule has 2 aromatic rings. The number of nitrogens with two attached hydrogens (primary N) is 1. The van der Waals surface area contributed by atoms with Crippen molar-refractivity contribution in [1.82, 2.24) is 4.98 Å². The highest BCUT2D eigenvalue weighted by atomic mass is 16.1. The van der Waals surface area contributed by atoms with Crippen molar-refractivity contribution in [2.45, 2.75) is 0 Å². The summed E-state index contributed by atoms with van der Waals surface area (Å²) in [5.74, 6) is 0. The molecule has 74 valence electrons. The van der Waals surface area contributed by atoms with E-state index in [2.05, 4.69) is 4.98 Å². The van der Waals surface area contributed by atoms with E-state index in [1.807, 2.05) is 24.3 Å². The van der Waals surface area contributed by atoms with Crippen LogP contribution in [0.3, 0.4) is 0 Å². The van der Waals surface area contributed by atoms with Crippen molar-refractivity contribution in [3.05, 3.63) is 48.2 Å². The molecule has 0 aliphatic heterocycles. The summed E-state index contributed by atoms with van der Waals surface area (Å²) in [7, 11) is 0. The number of carbonyl (C=O) groups excluding carboxylic acids is 1. The summed E-state index contributed by atoms with van der Waals surface area (Å²) in [6.07, 6.45) is 2.31. The number of para-hydroxylation sites is 1. The Balaban J connectivity index is 2.46. The first kappa shape index (κ1) is 9.40. The fraction of sp³-hybridized carbons (Fsp3) is 0. The number of benzene rings is 1. The first-order chi connectivity index (χ1) is 7.31. The average molecular weight is 198 g/mol. The molecule has 0 aliphatic carbocycles. The van der Waals surface area contributed by atoms with Gasteiger partial charge >= 0.3 is 0 Å². The molecule has 0 aliphatic rings. The van der Waals surface area contributed by atoms with Crippen LogP contribution in [0.25, 0.3) is 11.3 Å². The van der Waals surface area contributed by atoms with Crippen molar-refractivity contribution < 1.29 is 4.79 Å². The van der Waals surface area contributed by atoms with Crippen molar-refractivity contribution in [2.24, 2.45) is 0 Å². The highest BCUT2D eigenvalue weighted by molar-refractivity contribution is 5.77. The van der Waals surface area contributed by atoms with E-state index in [-0.39, 0.29) is 0 Å². The fourth-order valence-corrected chi connectivity index (χ4v) is 1.36. The van der Waals surface area contributed by atoms with Gasteiger partial charge in [-0.25, -0.2) is 0 Å². The van der Waals surface area contributed by atoms with Gasteiger partial charge in [0.05, 0.1) is 5.69 Å². The summed E-state index contributed by atoms with van der Waals surface area (Å²) in [6.45, 7) is 0. The predicted octanol–water partition coefficient (Wildman–Crippen LogP) is 2.14. The normalized spacial score (nSPS) is 9.87. The Morgan fingerprint density at radius 3 is 2.53 bits per heavy atom. The number of aromatic nitrogens is 1. The summed E-state index contributed by atoms with van der Waals surface area (Å²) in [6, 6.07) is 11.0. The Labute approximate surface area is 87.6 Å². The summed E-state index contributed by atoms with van der Waals surface area (Å²) >= 11 is 0. The molecule has 0 atom stereocenters. The number of carbonyl (C=O) groups is 1. The molecule has 0 amide bonds. The maximum Gasteiger partial charge on any atom is 0.151 e. The van der Waals surface area contributed by atoms with Crippen LogP contribution in [0.15, 0.2) is 42.6 Å². The third-order valence-electron chi connectivity index (χ3n) is 2.16. The van der Waals surface area contributed by atoms with Crippen molar-refractivity contribution in [2.75, 3.05) is 5.73 Å². The van der Waals surface area contributed by atoms with Crippen molar-refractivity contribution in [3.63, 3.8) is 0 Å². The lowest BCUT2D eigenvalue weighted by Gasteiger charge is -2.03. The minimum atomic E-state index is 0.563. The third-order valence-corrected chi connectivity index (χ3v) is 2.16. The molecule has 0 spiro atoms. The van der Waals surface area contributed by atoms with Crippen LogP contribution in [0.4, 0.5) is 5.69 Å². The molecular formula is C12H10N2O. The smallest absolute Gasteiger partial charge is 0.151 e. The first-order valence-corrected chi connectivity index (χ1v) is 4.57. The topological polar surface area (TPSA) is 56.0 Å². The summed E-state index contributed by atoms with van der Waals surface area (Å²) < 4.78 is 0. The van der Waals surface area contributed by atoms with Crippen LogP contribution in [-0.2, 0) is 0 Å². The molecule has 3 nitrogen and oxygen atoms in total. The number of rotatable bonds is 2. The lowest BCUT2D eigenvalue weighted by Crippen LogP contribution is -1.92. The van der Waals surface area contributed by atoms with Gasteiger partial charge in [-0.05, 0) is 18.2 Å². The van der Waals surface area contributed by atoms with Gasteiger partial charge in [0.25, 0.3) is 0 Å². The fourth-order valence-electron chi connectivity index (χ4n) is 1.36. The maximum absolute atomic E-state index is 10.5. The van der Waals surface area contributed by atoms with E-state index < -0.39 is 0 Å². The van der Waals surface area contributed by atoms with Gasteiger partial charge in [-0.1, -0.05) is 18.2 Å². The second-order valence-electron chi connectivity index (χ2n) is 3.18. The molecule has 0 saturated heterocycles. The average Bonchev–Trinajstić information content (AvgIpc) is 2.30. The van der Waals surface area contributed by atoms with Crippen LogP contribution in [0, 0.1) is 0 Å². The quantitative estimate of drug-likeness (QED) is 0.594. The van der Waals surface area contributed by atoms with Gasteiger partial charge in [-0.15, -0.1) is 0 Å². The number of aldehydes is 1. The molecule has 1 heterocycles. The zero-order chi connectivity index (χ0) is 10.7. The molecule has 3 heteroatoms. The van der Waals surface area contributed by atoms with E-state index in [4.69, 9.17) is 5.73 Å². The van der Waals surface area contributed by atoms with Gasteiger partial charge < -0.3 is 5.73 Å². The number of nitrogen functional groups attached to an aromatic ring is 1. The summed E-state index contributed by atoms with van der Waals surface area (Å²) in [5, 5.41) is 0. The Hall–Kier alpha value is -2.16. The van der Waals surface area contributed by atoms with Gasteiger partial charge in [0.2, 0.25) is 0 Å². The van der Waals surface area contributed by atoms with Crippen LogP contribution in [0.1, 0.15) is 10.4 Å². The lowest BCUT2D eigenvalue weighted by molar-refractivity contribution is 0.112. The van der Waals surface area contributed by atoms with Crippen LogP contribution in [-0.4, -0.2) is 11.3 Å². The van der Waals surface area contributed by atoms with Crippen LogP contribution >= 0.6 is 0 Å². The Morgan fingerprint density at radius 1 is 1.13 bits per heavy atom. The largest absolute Gasteiger partial charge is 0.398 e. The lowest BCUT2D eigenvalue weighted by atomic mass is 10.1. The van der Waals surface area contributed by atoms with Crippen LogP contribution < -0.4 is 5.73 Å². The molecule has 0 radical (unpaired) electrons. The molecule has 0 bridgehead atoms. The van der Waals surface area contributed by atoms with Crippen molar-refractivity contribution >= 4 is 12.0 Å². The van der Waals surface area contributed by atoms with E-state index in [0.717, 1.165) is 17.5 Å². The molecule has 2 N–H and O–H groups in total. The molecule has 15 heavy (non-hydrogen) atoms. The number of hydrogen-bond acceptors (Lipinski definition) is 3. The second-order valence-corrected chi connectivity index (χ2v) is 3.18. The molecule has 2 rings (SSSR count). The Morgan fingerprint density at radius 2 is 1.93 bits per heavy atom. The Bertz CT molecular complexity index is 477. The zero-order valence-corrected chi connectivity index (χ0v) is 8.05. The molecule has 1 aromatic heterocycles. The molecule has 0 fully saturated rings. The zero-order valence-electron chi connectivity index (χ0n) is 8.05. The highest BCUT2D eigenvalue weighted by Gasteiger charge is 2.02. The first-order valence-electron chi connectivity index (χ1n) is 4.57. The SMILES string of the molecule is Nc1ccccc1-c1ccc(C=O)cn1. The van der Waals surface area contributed by atoms with Crippen molar-refractivity contribution in [3.8, 4) is 11.3 Å². The third kappa shape index (κ3) is 1.86. The number of pyridine rings is 1. The van der Waals surface area contributed by atoms with Gasteiger partial charge in [-0.2, -0.15) is 0 Å². The van der Waals surface area contributed by atoms with E-state index in [1.165, 1.54) is 6.20 Å². The van der Waals surface area contributed by atoms with Crippen LogP contribution in [0.5, 0.6) is 0 Å². The van der Waals surface area contributed by atoms with E-state index >= 15 is 0 Å². The molecule has 1 aromatic carbocycles. The van der Waals surface area contributed by atoms with Gasteiger partial charge in [0, 0.05) is 23.0 Å². The minimum Gasteiger partial charge on any atom is -0.398 e. The summed E-state index contributed by atoms with van der Waals surface area (Å²) in [5.41, 5.74) is 8.72. The minimum absolute atomic E-state index is 0.563. The predicted molar refractivity (Wildman–Crippen MR) is 59.5 cm³/mol. The molecule has 0 saturated carbocycles. The van der Waals surface area contributed by atoms with E-state index in [1.54, 1.807) is 12.1 Å². The standard InChI is InChI=1S/C12H10N2O/c13-11-4-2-1-3-10(11)12-6-5-9(8-15)7-14-12/h1-8H,13H2. The highest BCUT2D eigenvalue weighted by Crippen LogP contribution is 2.22. The van der Waals surface area contributed by atoms with Crippen LogP contribution in [0.2, 0.25) is 0 Å². The number of hydrogen-bond donors (Lipinski definition) is 1. The van der Waals surface area contributed by atoms with Gasteiger partial charge in [0.1, 0.15) is 0 Å². The summed E-state index contributed by atoms with van der Waals surface area (Å²) in [4.78, 5) is 14.6. The maximum atomic E-state index is 10.5. The number of nitrogens with zero attached hydrogens (tertiary/aromatic N) is 1. The Kier molecular flexibility index (Phi) is 2.46. The van der Waals surface area contributed by atoms with E-state index in [0.29, 0.717) is 11.3 Å². The van der Waals surface area contributed by atoms with Crippen molar-refractivity contribution in [1.29, 1.82) is 0 Å².